The normalized spacial score (nSPS) is 14.0. The van der Waals surface area contributed by atoms with E-state index in [4.69, 9.17) is 0 Å². The van der Waals surface area contributed by atoms with Crippen LogP contribution in [0.3, 0.4) is 0 Å². The third-order valence-electron chi connectivity index (χ3n) is 3.81. The molecule has 1 N–H and O–H groups in total. The summed E-state index contributed by atoms with van der Waals surface area (Å²) in [6.45, 7) is -0.00657. The quantitative estimate of drug-likeness (QED) is 0.869. The minimum Gasteiger partial charge on any atom is -0.468 e. The van der Waals surface area contributed by atoms with Gasteiger partial charge in [-0.1, -0.05) is 0 Å². The maximum atomic E-state index is 12.6. The molecule has 0 spiro atoms. The Hall–Kier alpha value is -1.89. The van der Waals surface area contributed by atoms with Crippen molar-refractivity contribution in [2.24, 2.45) is 7.05 Å². The van der Waals surface area contributed by atoms with E-state index in [9.17, 15) is 9.59 Å². The van der Waals surface area contributed by atoms with Gasteiger partial charge in [0.1, 0.15) is 11.4 Å². The number of carbonyl (C=O) groups excluding carboxylic acids is 1. The number of hydrogen-bond acceptors (Lipinski definition) is 6. The standard InChI is InChI=1S/C14H17N3O3S/c1-17-13(19)11-8-5-3-4-6-9(8)21-12(11)16-14(17)15-7-10(18)20-2/h3-7H2,1-2H3,(H,15,16). The number of thiophene rings is 1. The van der Waals surface area contributed by atoms with Crippen molar-refractivity contribution in [1.82, 2.24) is 9.55 Å². The molecule has 0 amide bonds. The zero-order valence-corrected chi connectivity index (χ0v) is 12.9. The van der Waals surface area contributed by atoms with Gasteiger partial charge >= 0.3 is 5.97 Å². The predicted molar refractivity (Wildman–Crippen MR) is 82.0 cm³/mol. The second-order valence-electron chi connectivity index (χ2n) is 5.12. The predicted octanol–water partition coefficient (Wildman–Crippen LogP) is 1.46. The van der Waals surface area contributed by atoms with Gasteiger partial charge in [-0.15, -0.1) is 11.3 Å². The van der Waals surface area contributed by atoms with Crippen molar-refractivity contribution in [2.45, 2.75) is 25.7 Å². The van der Waals surface area contributed by atoms with Crippen LogP contribution in [0, 0.1) is 0 Å². The van der Waals surface area contributed by atoms with E-state index in [1.165, 1.54) is 28.5 Å². The van der Waals surface area contributed by atoms with E-state index in [2.05, 4.69) is 15.0 Å². The summed E-state index contributed by atoms with van der Waals surface area (Å²) in [4.78, 5) is 30.3. The molecule has 0 aliphatic heterocycles. The number of nitrogens with zero attached hydrogens (tertiary/aromatic N) is 2. The first kappa shape index (κ1) is 14.1. The third-order valence-corrected chi connectivity index (χ3v) is 5.00. The molecular weight excluding hydrogens is 290 g/mol. The first-order valence-electron chi connectivity index (χ1n) is 6.93. The summed E-state index contributed by atoms with van der Waals surface area (Å²) < 4.78 is 6.05. The lowest BCUT2D eigenvalue weighted by atomic mass is 9.97. The van der Waals surface area contributed by atoms with Gasteiger partial charge in [0.05, 0.1) is 12.5 Å². The topological polar surface area (TPSA) is 73.2 Å². The summed E-state index contributed by atoms with van der Waals surface area (Å²) >= 11 is 1.60. The van der Waals surface area contributed by atoms with Gasteiger partial charge in [0, 0.05) is 11.9 Å². The number of anilines is 1. The number of rotatable bonds is 3. The number of nitrogens with one attached hydrogen (secondary N) is 1. The first-order valence-corrected chi connectivity index (χ1v) is 7.75. The highest BCUT2D eigenvalue weighted by atomic mass is 32.1. The van der Waals surface area contributed by atoms with Crippen LogP contribution in [0.15, 0.2) is 4.79 Å². The summed E-state index contributed by atoms with van der Waals surface area (Å²) in [7, 11) is 2.99. The van der Waals surface area contributed by atoms with Gasteiger partial charge in [0.15, 0.2) is 0 Å². The minimum atomic E-state index is -0.394. The molecular formula is C14H17N3O3S. The second kappa shape index (κ2) is 5.48. The van der Waals surface area contributed by atoms with Gasteiger partial charge in [-0.05, 0) is 31.2 Å². The Bertz CT molecular complexity index is 763. The first-order chi connectivity index (χ1) is 10.1. The summed E-state index contributed by atoms with van der Waals surface area (Å²) in [5, 5.41) is 3.61. The molecule has 0 bridgehead atoms. The molecule has 1 aliphatic carbocycles. The molecule has 21 heavy (non-hydrogen) atoms. The Morgan fingerprint density at radius 2 is 2.19 bits per heavy atom. The lowest BCUT2D eigenvalue weighted by molar-refractivity contribution is -0.138. The number of carbonyl (C=O) groups is 1. The van der Waals surface area contributed by atoms with Gasteiger partial charge in [-0.3, -0.25) is 14.2 Å². The maximum Gasteiger partial charge on any atom is 0.325 e. The Labute approximate surface area is 125 Å². The van der Waals surface area contributed by atoms with Crippen LogP contribution in [0.1, 0.15) is 23.3 Å². The van der Waals surface area contributed by atoms with Crippen LogP contribution < -0.4 is 10.9 Å². The average Bonchev–Trinajstić information content (AvgIpc) is 2.87. The van der Waals surface area contributed by atoms with E-state index in [-0.39, 0.29) is 12.1 Å². The van der Waals surface area contributed by atoms with E-state index in [1.807, 2.05) is 0 Å². The molecule has 2 aromatic rings. The molecule has 3 rings (SSSR count). The van der Waals surface area contributed by atoms with E-state index in [0.717, 1.165) is 29.5 Å². The molecule has 2 aromatic heterocycles. The van der Waals surface area contributed by atoms with Crippen molar-refractivity contribution in [1.29, 1.82) is 0 Å². The van der Waals surface area contributed by atoms with Crippen LogP contribution in [-0.4, -0.2) is 29.2 Å². The largest absolute Gasteiger partial charge is 0.468 e. The Balaban J connectivity index is 2.06. The lowest BCUT2D eigenvalue weighted by Gasteiger charge is -2.11. The molecule has 0 atom stereocenters. The molecule has 0 saturated carbocycles. The highest BCUT2D eigenvalue weighted by Crippen LogP contribution is 2.34. The van der Waals surface area contributed by atoms with Gasteiger partial charge in [-0.25, -0.2) is 4.98 Å². The number of aromatic nitrogens is 2. The Kier molecular flexibility index (Phi) is 3.67. The smallest absolute Gasteiger partial charge is 0.325 e. The lowest BCUT2D eigenvalue weighted by Crippen LogP contribution is -2.25. The molecule has 0 saturated heterocycles. The number of methoxy groups -OCH3 is 1. The van der Waals surface area contributed by atoms with Crippen LogP contribution in [0.5, 0.6) is 0 Å². The fourth-order valence-corrected chi connectivity index (χ4v) is 3.92. The molecule has 0 unspecified atom stereocenters. The van der Waals surface area contributed by atoms with Crippen LogP contribution in [0.25, 0.3) is 10.2 Å². The molecule has 7 heteroatoms. The molecule has 6 nitrogen and oxygen atoms in total. The van der Waals surface area contributed by atoms with Gasteiger partial charge in [0.2, 0.25) is 5.95 Å². The van der Waals surface area contributed by atoms with E-state index in [1.54, 1.807) is 18.4 Å². The van der Waals surface area contributed by atoms with Crippen molar-refractivity contribution >= 4 is 33.5 Å². The third kappa shape index (κ3) is 2.42. The van der Waals surface area contributed by atoms with Gasteiger partial charge < -0.3 is 10.1 Å². The van der Waals surface area contributed by atoms with Crippen LogP contribution in [0.4, 0.5) is 5.95 Å². The minimum absolute atomic E-state index is 0.00657. The Morgan fingerprint density at radius 3 is 2.95 bits per heavy atom. The van der Waals surface area contributed by atoms with Crippen molar-refractivity contribution in [3.63, 3.8) is 0 Å². The number of hydrogen-bond donors (Lipinski definition) is 1. The van der Waals surface area contributed by atoms with Crippen LogP contribution >= 0.6 is 11.3 Å². The summed E-state index contributed by atoms with van der Waals surface area (Å²) in [5.41, 5.74) is 1.13. The summed E-state index contributed by atoms with van der Waals surface area (Å²) in [6.07, 6.45) is 4.30. The molecule has 112 valence electrons. The van der Waals surface area contributed by atoms with E-state index >= 15 is 0 Å². The fraction of sp³-hybridized carbons (Fsp3) is 0.500. The second-order valence-corrected chi connectivity index (χ2v) is 6.20. The maximum absolute atomic E-state index is 12.6. The Morgan fingerprint density at radius 1 is 1.43 bits per heavy atom. The van der Waals surface area contributed by atoms with Crippen molar-refractivity contribution < 1.29 is 9.53 Å². The molecule has 0 aromatic carbocycles. The fourth-order valence-electron chi connectivity index (χ4n) is 2.67. The number of ether oxygens (including phenoxy) is 1. The van der Waals surface area contributed by atoms with E-state index < -0.39 is 5.97 Å². The van der Waals surface area contributed by atoms with Crippen molar-refractivity contribution in [3.8, 4) is 0 Å². The number of esters is 1. The van der Waals surface area contributed by atoms with Crippen molar-refractivity contribution in [3.05, 3.63) is 20.8 Å². The number of fused-ring (bicyclic) bond motifs is 3. The molecule has 0 fully saturated rings. The average molecular weight is 307 g/mol. The summed E-state index contributed by atoms with van der Waals surface area (Å²) in [6, 6.07) is 0. The molecule has 2 heterocycles. The summed E-state index contributed by atoms with van der Waals surface area (Å²) in [5.74, 6) is 0.00585. The highest BCUT2D eigenvalue weighted by molar-refractivity contribution is 7.18. The SMILES string of the molecule is COC(=O)CNc1nc2sc3c(c2c(=O)n1C)CCCC3. The monoisotopic (exact) mass is 307 g/mol. The van der Waals surface area contributed by atoms with E-state index in [0.29, 0.717) is 5.95 Å². The highest BCUT2D eigenvalue weighted by Gasteiger charge is 2.21. The zero-order valence-electron chi connectivity index (χ0n) is 12.1. The van der Waals surface area contributed by atoms with Gasteiger partial charge in [0.25, 0.3) is 5.56 Å². The van der Waals surface area contributed by atoms with Crippen LogP contribution in [-0.2, 0) is 29.4 Å². The molecule has 1 aliphatic rings. The van der Waals surface area contributed by atoms with Crippen LogP contribution in [0.2, 0.25) is 0 Å². The zero-order chi connectivity index (χ0) is 15.0. The van der Waals surface area contributed by atoms with Crippen molar-refractivity contribution in [2.75, 3.05) is 19.0 Å². The number of aryl methyl sites for hydroxylation is 2. The van der Waals surface area contributed by atoms with Gasteiger partial charge in [-0.2, -0.15) is 0 Å². The molecule has 0 radical (unpaired) electrons.